The molecule has 0 aliphatic carbocycles. The van der Waals surface area contributed by atoms with Gasteiger partial charge in [0.2, 0.25) is 5.91 Å². The molecule has 4 aromatic rings. The number of aromatic nitrogens is 2. The largest absolute Gasteiger partial charge is 0.478 e. The van der Waals surface area contributed by atoms with Crippen LogP contribution in [0.4, 0.5) is 17.1 Å². The predicted octanol–water partition coefficient (Wildman–Crippen LogP) is 4.35. The van der Waals surface area contributed by atoms with Crippen LogP contribution in [0.5, 0.6) is 0 Å². The van der Waals surface area contributed by atoms with Crippen LogP contribution in [0.25, 0.3) is 0 Å². The maximum Gasteiger partial charge on any atom is 0.335 e. The maximum atomic E-state index is 13.3. The highest BCUT2D eigenvalue weighted by molar-refractivity contribution is 6.15. The van der Waals surface area contributed by atoms with E-state index >= 15 is 0 Å². The van der Waals surface area contributed by atoms with Gasteiger partial charge in [-0.2, -0.15) is 5.10 Å². The van der Waals surface area contributed by atoms with Crippen molar-refractivity contribution in [1.82, 2.24) is 9.78 Å². The lowest BCUT2D eigenvalue weighted by Crippen LogP contribution is -2.16. The lowest BCUT2D eigenvalue weighted by Gasteiger charge is -2.09. The van der Waals surface area contributed by atoms with E-state index in [1.54, 1.807) is 74.6 Å². The van der Waals surface area contributed by atoms with Gasteiger partial charge in [-0.25, -0.2) is 4.79 Å². The van der Waals surface area contributed by atoms with Crippen LogP contribution in [0.3, 0.4) is 0 Å². The first kappa shape index (κ1) is 25.3. The molecule has 0 fully saturated rings. The Morgan fingerprint density at radius 1 is 1.00 bits per heavy atom. The summed E-state index contributed by atoms with van der Waals surface area (Å²) in [6.45, 7) is 1.80. The molecule has 194 valence electrons. The number of nitrogens with zero attached hydrogens (tertiary/aromatic N) is 3. The molecule has 1 aliphatic rings. The van der Waals surface area contributed by atoms with Gasteiger partial charge in [-0.3, -0.25) is 24.1 Å². The highest BCUT2D eigenvalue weighted by Crippen LogP contribution is 2.33. The van der Waals surface area contributed by atoms with Crippen LogP contribution in [0.2, 0.25) is 0 Å². The molecule has 0 saturated carbocycles. The zero-order valence-electron chi connectivity index (χ0n) is 21.0. The van der Waals surface area contributed by atoms with Crippen molar-refractivity contribution in [2.75, 3.05) is 10.6 Å². The van der Waals surface area contributed by atoms with Crippen LogP contribution in [-0.4, -0.2) is 44.7 Å². The summed E-state index contributed by atoms with van der Waals surface area (Å²) in [6, 6.07) is 19.3. The number of hydrogen-bond donors (Lipinski definition) is 3. The third-order valence-corrected chi connectivity index (χ3v) is 6.30. The first-order chi connectivity index (χ1) is 18.7. The maximum absolute atomic E-state index is 13.3. The summed E-state index contributed by atoms with van der Waals surface area (Å²) in [5.74, 6) is -2.58. The van der Waals surface area contributed by atoms with Crippen molar-refractivity contribution in [3.8, 4) is 0 Å². The van der Waals surface area contributed by atoms with Crippen molar-refractivity contribution in [2.45, 2.75) is 12.8 Å². The van der Waals surface area contributed by atoms with E-state index in [9.17, 15) is 19.2 Å². The molecule has 5 rings (SSSR count). The Kier molecular flexibility index (Phi) is 6.59. The van der Waals surface area contributed by atoms with Crippen molar-refractivity contribution in [3.63, 3.8) is 0 Å². The molecule has 2 heterocycles. The third-order valence-electron chi connectivity index (χ3n) is 6.30. The Morgan fingerprint density at radius 3 is 2.41 bits per heavy atom. The normalized spacial score (nSPS) is 14.2. The molecule has 0 saturated heterocycles. The summed E-state index contributed by atoms with van der Waals surface area (Å²) >= 11 is 0. The van der Waals surface area contributed by atoms with E-state index in [4.69, 9.17) is 5.11 Å². The number of carbonyl (C=O) groups excluding carboxylic acids is 3. The molecule has 3 aromatic carbocycles. The minimum atomic E-state index is -1.03. The second kappa shape index (κ2) is 10.2. The summed E-state index contributed by atoms with van der Waals surface area (Å²) in [6.07, 6.45) is 1.49. The number of fused-ring (bicyclic) bond motifs is 1. The molecule has 0 radical (unpaired) electrons. The lowest BCUT2D eigenvalue weighted by molar-refractivity contribution is -0.115. The van der Waals surface area contributed by atoms with Gasteiger partial charge >= 0.3 is 5.97 Å². The first-order valence-corrected chi connectivity index (χ1v) is 12.0. The quantitative estimate of drug-likeness (QED) is 0.244. The van der Waals surface area contributed by atoms with E-state index < -0.39 is 11.9 Å². The smallest absolute Gasteiger partial charge is 0.335 e. The zero-order chi connectivity index (χ0) is 27.7. The lowest BCUT2D eigenvalue weighted by atomic mass is 9.97. The zero-order valence-corrected chi connectivity index (χ0v) is 21.0. The SMILES string of the molecule is Cc1cc(C(=O)Nc2cccc(C(=O)c3ccc4c(c3)NC(=O)C4C=Nc3ccc(C(=O)O)cc3)c2)n(C)n1. The molecule has 0 spiro atoms. The average Bonchev–Trinajstić information content (AvgIpc) is 3.43. The van der Waals surface area contributed by atoms with Gasteiger partial charge in [0.25, 0.3) is 5.91 Å². The van der Waals surface area contributed by atoms with E-state index in [1.807, 2.05) is 0 Å². The van der Waals surface area contributed by atoms with Crippen LogP contribution in [-0.2, 0) is 11.8 Å². The molecule has 3 N–H and O–H groups in total. The molecule has 0 bridgehead atoms. The number of ketones is 1. The Balaban J connectivity index is 1.32. The van der Waals surface area contributed by atoms with E-state index in [0.717, 1.165) is 5.69 Å². The fraction of sp³-hybridized carbons (Fsp3) is 0.103. The summed E-state index contributed by atoms with van der Waals surface area (Å²) in [4.78, 5) is 53.9. The van der Waals surface area contributed by atoms with E-state index in [0.29, 0.717) is 39.4 Å². The Labute approximate surface area is 223 Å². The Morgan fingerprint density at radius 2 is 1.72 bits per heavy atom. The number of benzene rings is 3. The van der Waals surface area contributed by atoms with Crippen LogP contribution in [0.15, 0.2) is 77.8 Å². The number of aromatic carboxylic acids is 1. The fourth-order valence-corrected chi connectivity index (χ4v) is 4.35. The monoisotopic (exact) mass is 521 g/mol. The number of hydrogen-bond acceptors (Lipinski definition) is 6. The highest BCUT2D eigenvalue weighted by atomic mass is 16.4. The minimum absolute atomic E-state index is 0.145. The van der Waals surface area contributed by atoms with Gasteiger partial charge in [-0.15, -0.1) is 0 Å². The summed E-state index contributed by atoms with van der Waals surface area (Å²) in [5.41, 5.74) is 4.18. The Hall–Kier alpha value is -5.38. The van der Waals surface area contributed by atoms with Gasteiger partial charge in [-0.1, -0.05) is 24.3 Å². The number of carbonyl (C=O) groups is 4. The topological polar surface area (TPSA) is 143 Å². The minimum Gasteiger partial charge on any atom is -0.478 e. The number of carboxylic acids is 1. The summed E-state index contributed by atoms with van der Waals surface area (Å²) in [5, 5.41) is 18.8. The van der Waals surface area contributed by atoms with Crippen LogP contribution in [0, 0.1) is 6.92 Å². The van der Waals surface area contributed by atoms with E-state index in [-0.39, 0.29) is 23.2 Å². The van der Waals surface area contributed by atoms with Gasteiger partial charge in [-0.05, 0) is 61.0 Å². The third kappa shape index (κ3) is 5.21. The highest BCUT2D eigenvalue weighted by Gasteiger charge is 2.30. The molecule has 1 aromatic heterocycles. The van der Waals surface area contributed by atoms with Crippen molar-refractivity contribution < 1.29 is 24.3 Å². The van der Waals surface area contributed by atoms with Gasteiger partial charge in [0.15, 0.2) is 5.78 Å². The number of nitrogens with one attached hydrogen (secondary N) is 2. The molecule has 1 aliphatic heterocycles. The molecule has 1 unspecified atom stereocenters. The number of aryl methyl sites for hydroxylation is 2. The van der Waals surface area contributed by atoms with Crippen molar-refractivity contribution in [1.29, 1.82) is 0 Å². The summed E-state index contributed by atoms with van der Waals surface area (Å²) < 4.78 is 1.49. The number of anilines is 2. The predicted molar refractivity (Wildman–Crippen MR) is 145 cm³/mol. The molecule has 10 heteroatoms. The average molecular weight is 522 g/mol. The van der Waals surface area contributed by atoms with Crippen molar-refractivity contribution >= 4 is 46.8 Å². The van der Waals surface area contributed by atoms with Gasteiger partial charge in [0.05, 0.1) is 16.9 Å². The Bertz CT molecular complexity index is 1670. The molecular formula is C29H23N5O5. The number of aliphatic imine (C=N–C) groups is 1. The van der Waals surface area contributed by atoms with Crippen LogP contribution in [0.1, 0.15) is 53.9 Å². The molecular weight excluding hydrogens is 498 g/mol. The first-order valence-electron chi connectivity index (χ1n) is 12.0. The molecule has 39 heavy (non-hydrogen) atoms. The van der Waals surface area contributed by atoms with Crippen molar-refractivity contribution in [3.05, 3.63) is 106 Å². The van der Waals surface area contributed by atoms with Gasteiger partial charge in [0, 0.05) is 35.8 Å². The number of carboxylic acid groups (broad SMARTS) is 1. The van der Waals surface area contributed by atoms with Crippen molar-refractivity contribution in [2.24, 2.45) is 12.0 Å². The van der Waals surface area contributed by atoms with E-state index in [1.165, 1.54) is 23.0 Å². The second-order valence-corrected chi connectivity index (χ2v) is 9.06. The summed E-state index contributed by atoms with van der Waals surface area (Å²) in [7, 11) is 1.68. The standard InChI is InChI=1S/C29H23N5O5/c1-16-12-25(34(2)33-16)28(37)31-21-5-3-4-18(13-21)26(35)19-8-11-22-23(27(36)32-24(22)14-19)15-30-20-9-6-17(7-10-20)29(38)39/h3-15,23H,1-2H3,(H,31,37)(H,32,36)(H,38,39). The van der Waals surface area contributed by atoms with E-state index in [2.05, 4.69) is 20.7 Å². The number of rotatable bonds is 7. The molecule has 1 atom stereocenters. The van der Waals surface area contributed by atoms with Crippen LogP contribution < -0.4 is 10.6 Å². The fourth-order valence-electron chi connectivity index (χ4n) is 4.35. The van der Waals surface area contributed by atoms with Crippen LogP contribution >= 0.6 is 0 Å². The molecule has 10 nitrogen and oxygen atoms in total. The second-order valence-electron chi connectivity index (χ2n) is 9.06. The van der Waals surface area contributed by atoms with Gasteiger partial charge < -0.3 is 15.7 Å². The number of amides is 2. The molecule has 2 amide bonds. The van der Waals surface area contributed by atoms with Gasteiger partial charge in [0.1, 0.15) is 11.6 Å².